The van der Waals surface area contributed by atoms with Gasteiger partial charge in [-0.15, -0.1) is 0 Å². The van der Waals surface area contributed by atoms with E-state index in [1.54, 1.807) is 0 Å². The molecule has 2 aliphatic rings. The van der Waals surface area contributed by atoms with E-state index in [1.165, 1.54) is 16.9 Å². The minimum atomic E-state index is 1.01. The molecule has 0 saturated heterocycles. The molecule has 0 aromatic carbocycles. The summed E-state index contributed by atoms with van der Waals surface area (Å²) in [5.41, 5.74) is 3.88. The normalized spacial score (nSPS) is 18.6. The molecule has 1 aromatic heterocycles. The van der Waals surface area contributed by atoms with E-state index in [4.69, 9.17) is 0 Å². The minimum Gasteiger partial charge on any atom is -0.386 e. The van der Waals surface area contributed by atoms with Crippen molar-refractivity contribution in [2.24, 2.45) is 0 Å². The lowest BCUT2D eigenvalue weighted by Gasteiger charge is -2.28. The van der Waals surface area contributed by atoms with Gasteiger partial charge in [-0.05, 0) is 19.4 Å². The molecule has 3 rings (SSSR count). The van der Waals surface area contributed by atoms with Crippen LogP contribution in [0, 0.1) is 0 Å². The van der Waals surface area contributed by atoms with Crippen molar-refractivity contribution in [3.63, 3.8) is 0 Å². The Morgan fingerprint density at radius 3 is 3.12 bits per heavy atom. The van der Waals surface area contributed by atoms with Crippen LogP contribution in [0.15, 0.2) is 24.2 Å². The Hall–Kier alpha value is -1.71. The zero-order valence-corrected chi connectivity index (χ0v) is 9.45. The van der Waals surface area contributed by atoms with Crippen LogP contribution < -0.4 is 15.5 Å². The van der Waals surface area contributed by atoms with E-state index in [-0.39, 0.29) is 0 Å². The molecule has 16 heavy (non-hydrogen) atoms. The van der Waals surface area contributed by atoms with Gasteiger partial charge in [-0.1, -0.05) is 0 Å². The van der Waals surface area contributed by atoms with E-state index in [0.717, 1.165) is 31.9 Å². The SMILES string of the molecule is CC1=CN(c2ccnc3c2CCN3)CCN1. The lowest BCUT2D eigenvalue weighted by atomic mass is 10.1. The second kappa shape index (κ2) is 3.70. The summed E-state index contributed by atoms with van der Waals surface area (Å²) >= 11 is 0. The van der Waals surface area contributed by atoms with E-state index >= 15 is 0 Å². The Kier molecular flexibility index (Phi) is 2.20. The molecule has 0 spiro atoms. The zero-order chi connectivity index (χ0) is 11.0. The van der Waals surface area contributed by atoms with Crippen LogP contribution in [0.5, 0.6) is 0 Å². The molecule has 2 N–H and O–H groups in total. The maximum atomic E-state index is 4.36. The third-order valence-electron chi connectivity index (χ3n) is 3.11. The van der Waals surface area contributed by atoms with Gasteiger partial charge >= 0.3 is 0 Å². The molecule has 0 saturated carbocycles. The van der Waals surface area contributed by atoms with E-state index in [1.807, 2.05) is 6.20 Å². The Morgan fingerprint density at radius 2 is 2.25 bits per heavy atom. The standard InChI is InChI=1S/C12H16N4/c1-9-8-16(7-6-13-9)11-3-5-15-12-10(11)2-4-14-12/h3,5,8,13H,2,4,6-7H2,1H3,(H,14,15). The quantitative estimate of drug-likeness (QED) is 0.743. The van der Waals surface area contributed by atoms with E-state index in [9.17, 15) is 0 Å². The van der Waals surface area contributed by atoms with Gasteiger partial charge < -0.3 is 15.5 Å². The van der Waals surface area contributed by atoms with Gasteiger partial charge in [-0.25, -0.2) is 4.98 Å². The van der Waals surface area contributed by atoms with Crippen LogP contribution in [0.4, 0.5) is 11.5 Å². The van der Waals surface area contributed by atoms with E-state index in [2.05, 4.69) is 39.7 Å². The van der Waals surface area contributed by atoms with Crippen molar-refractivity contribution in [3.8, 4) is 0 Å². The summed E-state index contributed by atoms with van der Waals surface area (Å²) in [7, 11) is 0. The molecule has 3 heterocycles. The monoisotopic (exact) mass is 216 g/mol. The third-order valence-corrected chi connectivity index (χ3v) is 3.11. The molecule has 84 valence electrons. The van der Waals surface area contributed by atoms with Crippen molar-refractivity contribution in [3.05, 3.63) is 29.7 Å². The maximum absolute atomic E-state index is 4.36. The van der Waals surface area contributed by atoms with Gasteiger partial charge in [0.25, 0.3) is 0 Å². The van der Waals surface area contributed by atoms with E-state index < -0.39 is 0 Å². The summed E-state index contributed by atoms with van der Waals surface area (Å²) in [4.78, 5) is 6.68. The number of pyridine rings is 1. The van der Waals surface area contributed by atoms with Crippen LogP contribution in [0.25, 0.3) is 0 Å². The van der Waals surface area contributed by atoms with Crippen LogP contribution >= 0.6 is 0 Å². The fourth-order valence-electron chi connectivity index (χ4n) is 2.36. The van der Waals surface area contributed by atoms with Crippen molar-refractivity contribution in [2.75, 3.05) is 29.9 Å². The van der Waals surface area contributed by atoms with Gasteiger partial charge in [-0.3, -0.25) is 0 Å². The van der Waals surface area contributed by atoms with Gasteiger partial charge in [0.2, 0.25) is 0 Å². The maximum Gasteiger partial charge on any atom is 0.131 e. The summed E-state index contributed by atoms with van der Waals surface area (Å²) in [5, 5.41) is 6.65. The smallest absolute Gasteiger partial charge is 0.131 e. The van der Waals surface area contributed by atoms with Gasteiger partial charge in [0.1, 0.15) is 5.82 Å². The summed E-state index contributed by atoms with van der Waals surface area (Å²) in [5.74, 6) is 1.06. The first-order valence-electron chi connectivity index (χ1n) is 5.75. The highest BCUT2D eigenvalue weighted by Gasteiger charge is 2.19. The Labute approximate surface area is 95.4 Å². The van der Waals surface area contributed by atoms with Crippen LogP contribution in [-0.2, 0) is 6.42 Å². The highest BCUT2D eigenvalue weighted by Crippen LogP contribution is 2.30. The van der Waals surface area contributed by atoms with Crippen molar-refractivity contribution in [1.29, 1.82) is 0 Å². The molecule has 0 amide bonds. The second-order valence-corrected chi connectivity index (χ2v) is 4.27. The van der Waals surface area contributed by atoms with Crippen LogP contribution in [0.1, 0.15) is 12.5 Å². The van der Waals surface area contributed by atoms with Crippen molar-refractivity contribution >= 4 is 11.5 Å². The van der Waals surface area contributed by atoms with Crippen molar-refractivity contribution in [2.45, 2.75) is 13.3 Å². The first-order chi connectivity index (χ1) is 7.84. The fourth-order valence-corrected chi connectivity index (χ4v) is 2.36. The second-order valence-electron chi connectivity index (χ2n) is 4.27. The van der Waals surface area contributed by atoms with Gasteiger partial charge in [0, 0.05) is 49.0 Å². The van der Waals surface area contributed by atoms with Crippen LogP contribution in [0.2, 0.25) is 0 Å². The molecular weight excluding hydrogens is 200 g/mol. The zero-order valence-electron chi connectivity index (χ0n) is 9.45. The Balaban J connectivity index is 2.00. The number of nitrogens with one attached hydrogen (secondary N) is 2. The first-order valence-corrected chi connectivity index (χ1v) is 5.75. The molecule has 0 bridgehead atoms. The predicted octanol–water partition coefficient (Wildman–Crippen LogP) is 1.32. The summed E-state index contributed by atoms with van der Waals surface area (Å²) in [6.45, 7) is 5.14. The molecule has 1 aromatic rings. The molecule has 0 radical (unpaired) electrons. The predicted molar refractivity (Wildman–Crippen MR) is 65.5 cm³/mol. The average molecular weight is 216 g/mol. The van der Waals surface area contributed by atoms with E-state index in [0.29, 0.717) is 0 Å². The van der Waals surface area contributed by atoms with Crippen LogP contribution in [0.3, 0.4) is 0 Å². The number of allylic oxidation sites excluding steroid dienone is 1. The largest absolute Gasteiger partial charge is 0.386 e. The number of hydrogen-bond acceptors (Lipinski definition) is 4. The first kappa shape index (κ1) is 9.51. The topological polar surface area (TPSA) is 40.2 Å². The number of nitrogens with zero attached hydrogens (tertiary/aromatic N) is 2. The number of aromatic nitrogens is 1. The molecule has 0 unspecified atom stereocenters. The fraction of sp³-hybridized carbons (Fsp3) is 0.417. The minimum absolute atomic E-state index is 1.01. The van der Waals surface area contributed by atoms with Gasteiger partial charge in [0.05, 0.1) is 0 Å². The third kappa shape index (κ3) is 1.50. The Bertz CT molecular complexity index is 439. The number of fused-ring (bicyclic) bond motifs is 1. The number of hydrogen-bond donors (Lipinski definition) is 2. The van der Waals surface area contributed by atoms with Crippen molar-refractivity contribution < 1.29 is 0 Å². The molecule has 4 nitrogen and oxygen atoms in total. The lowest BCUT2D eigenvalue weighted by molar-refractivity contribution is 0.730. The van der Waals surface area contributed by atoms with Crippen LogP contribution in [-0.4, -0.2) is 24.6 Å². The lowest BCUT2D eigenvalue weighted by Crippen LogP contribution is -2.34. The summed E-state index contributed by atoms with van der Waals surface area (Å²) < 4.78 is 0. The number of anilines is 2. The Morgan fingerprint density at radius 1 is 1.31 bits per heavy atom. The summed E-state index contributed by atoms with van der Waals surface area (Å²) in [6.07, 6.45) is 5.14. The summed E-state index contributed by atoms with van der Waals surface area (Å²) in [6, 6.07) is 2.11. The molecule has 0 fully saturated rings. The number of rotatable bonds is 1. The molecule has 4 heteroatoms. The highest BCUT2D eigenvalue weighted by molar-refractivity contribution is 5.67. The molecular formula is C12H16N4. The van der Waals surface area contributed by atoms with Crippen molar-refractivity contribution in [1.82, 2.24) is 10.3 Å². The highest BCUT2D eigenvalue weighted by atomic mass is 15.2. The molecule has 2 aliphatic heterocycles. The molecule has 0 aliphatic carbocycles. The molecule has 0 atom stereocenters. The average Bonchev–Trinajstić information content (AvgIpc) is 2.76. The van der Waals surface area contributed by atoms with Gasteiger partial charge in [-0.2, -0.15) is 0 Å². The van der Waals surface area contributed by atoms with Gasteiger partial charge in [0.15, 0.2) is 0 Å².